The molecule has 158 valence electrons. The lowest BCUT2D eigenvalue weighted by molar-refractivity contribution is -0.165. The van der Waals surface area contributed by atoms with E-state index in [0.717, 1.165) is 21.2 Å². The SMILES string of the molecule is C[C@@H](NC(=O)N1C(=O)C(Cc2ccnc(N)c2)C1C(=O)O)c1cccc2ccccc12. The maximum absolute atomic E-state index is 12.8. The fourth-order valence-corrected chi connectivity index (χ4v) is 4.09. The predicted molar refractivity (Wildman–Crippen MR) is 115 cm³/mol. The van der Waals surface area contributed by atoms with Gasteiger partial charge < -0.3 is 16.2 Å². The summed E-state index contributed by atoms with van der Waals surface area (Å²) in [7, 11) is 0. The van der Waals surface area contributed by atoms with Crippen molar-refractivity contribution in [1.82, 2.24) is 15.2 Å². The summed E-state index contributed by atoms with van der Waals surface area (Å²) < 4.78 is 0. The van der Waals surface area contributed by atoms with Crippen molar-refractivity contribution in [2.75, 3.05) is 5.73 Å². The molecule has 4 N–H and O–H groups in total. The first-order chi connectivity index (χ1) is 14.9. The highest BCUT2D eigenvalue weighted by Gasteiger charge is 2.54. The molecule has 1 saturated heterocycles. The van der Waals surface area contributed by atoms with E-state index in [4.69, 9.17) is 5.73 Å². The van der Waals surface area contributed by atoms with Crippen LogP contribution in [0.2, 0.25) is 0 Å². The first kappa shape index (κ1) is 20.3. The number of hydrogen-bond donors (Lipinski definition) is 3. The number of amides is 3. The Morgan fingerprint density at radius 2 is 1.94 bits per heavy atom. The van der Waals surface area contributed by atoms with Crippen LogP contribution < -0.4 is 11.1 Å². The normalized spacial score (nSPS) is 19.0. The number of aromatic nitrogens is 1. The van der Waals surface area contributed by atoms with Crippen LogP contribution in [0, 0.1) is 5.92 Å². The quantitative estimate of drug-likeness (QED) is 0.547. The van der Waals surface area contributed by atoms with E-state index < -0.39 is 35.9 Å². The van der Waals surface area contributed by atoms with Crippen LogP contribution in [0.5, 0.6) is 0 Å². The van der Waals surface area contributed by atoms with Gasteiger partial charge in [0.2, 0.25) is 5.91 Å². The number of carboxylic acid groups (broad SMARTS) is 1. The standard InChI is InChI=1S/C23H22N4O4/c1-13(16-8-4-6-15-5-2-3-7-17(15)16)26-23(31)27-20(22(29)30)18(21(27)28)11-14-9-10-25-19(24)12-14/h2-10,12-13,18,20H,11H2,1H3,(H2,24,25)(H,26,31)(H,29,30)/t13-,18?,20?/m1/s1. The molecule has 0 aliphatic carbocycles. The molecule has 3 atom stereocenters. The van der Waals surface area contributed by atoms with Crippen molar-refractivity contribution < 1.29 is 19.5 Å². The van der Waals surface area contributed by atoms with E-state index >= 15 is 0 Å². The van der Waals surface area contributed by atoms with E-state index in [9.17, 15) is 19.5 Å². The second kappa shape index (κ2) is 8.06. The van der Waals surface area contributed by atoms with Crippen molar-refractivity contribution in [1.29, 1.82) is 0 Å². The molecule has 1 aliphatic heterocycles. The van der Waals surface area contributed by atoms with E-state index in [2.05, 4.69) is 10.3 Å². The van der Waals surface area contributed by atoms with Gasteiger partial charge in [-0.05, 0) is 47.4 Å². The zero-order chi connectivity index (χ0) is 22.1. The number of benzene rings is 2. The van der Waals surface area contributed by atoms with Crippen molar-refractivity contribution >= 4 is 34.5 Å². The molecule has 3 amide bonds. The van der Waals surface area contributed by atoms with Crippen molar-refractivity contribution in [2.45, 2.75) is 25.4 Å². The smallest absolute Gasteiger partial charge is 0.327 e. The van der Waals surface area contributed by atoms with Crippen LogP contribution in [-0.4, -0.2) is 38.9 Å². The number of carbonyl (C=O) groups is 3. The number of β-lactam (4-membered cyclic amide) rings is 1. The number of nitrogen functional groups attached to an aromatic ring is 1. The second-order valence-electron chi connectivity index (χ2n) is 7.63. The first-order valence-electron chi connectivity index (χ1n) is 9.91. The van der Waals surface area contributed by atoms with Crippen LogP contribution in [0.15, 0.2) is 60.8 Å². The van der Waals surface area contributed by atoms with E-state index in [-0.39, 0.29) is 12.2 Å². The zero-order valence-electron chi connectivity index (χ0n) is 16.9. The van der Waals surface area contributed by atoms with Crippen molar-refractivity contribution in [3.05, 3.63) is 71.9 Å². The Morgan fingerprint density at radius 1 is 1.19 bits per heavy atom. The van der Waals surface area contributed by atoms with Crippen LogP contribution in [-0.2, 0) is 16.0 Å². The number of carboxylic acids is 1. The molecule has 8 nitrogen and oxygen atoms in total. The van der Waals surface area contributed by atoms with E-state index in [1.165, 1.54) is 6.20 Å². The molecule has 4 rings (SSSR count). The van der Waals surface area contributed by atoms with Gasteiger partial charge in [0.1, 0.15) is 5.82 Å². The number of carbonyl (C=O) groups excluding carboxylic acids is 2. The maximum atomic E-state index is 12.8. The zero-order valence-corrected chi connectivity index (χ0v) is 16.9. The average molecular weight is 418 g/mol. The van der Waals surface area contributed by atoms with Crippen LogP contribution in [0.4, 0.5) is 10.6 Å². The summed E-state index contributed by atoms with van der Waals surface area (Å²) in [6.07, 6.45) is 1.67. The molecule has 1 fully saturated rings. The number of nitrogens with one attached hydrogen (secondary N) is 1. The summed E-state index contributed by atoms with van der Waals surface area (Å²) in [5.41, 5.74) is 7.24. The maximum Gasteiger partial charge on any atom is 0.327 e. The number of pyridine rings is 1. The average Bonchev–Trinajstić information content (AvgIpc) is 2.74. The fourth-order valence-electron chi connectivity index (χ4n) is 4.09. The minimum atomic E-state index is -1.23. The van der Waals surface area contributed by atoms with Gasteiger partial charge in [0.15, 0.2) is 6.04 Å². The molecule has 1 aliphatic rings. The summed E-state index contributed by atoms with van der Waals surface area (Å²) >= 11 is 0. The number of nitrogens with zero attached hydrogens (tertiary/aromatic N) is 2. The largest absolute Gasteiger partial charge is 0.480 e. The van der Waals surface area contributed by atoms with Crippen molar-refractivity contribution in [2.24, 2.45) is 5.92 Å². The molecule has 8 heteroatoms. The Kier molecular flexibility index (Phi) is 5.29. The molecule has 0 radical (unpaired) electrons. The molecule has 0 saturated carbocycles. The van der Waals surface area contributed by atoms with Gasteiger partial charge in [-0.2, -0.15) is 0 Å². The minimum absolute atomic E-state index is 0.172. The lowest BCUT2D eigenvalue weighted by atomic mass is 9.82. The third-order valence-electron chi connectivity index (χ3n) is 5.62. The van der Waals surface area contributed by atoms with E-state index in [0.29, 0.717) is 5.56 Å². The summed E-state index contributed by atoms with van der Waals surface area (Å²) in [5, 5.41) is 14.4. The van der Waals surface area contributed by atoms with Gasteiger partial charge in [-0.15, -0.1) is 0 Å². The number of likely N-dealkylation sites (tertiary alicyclic amines) is 1. The first-order valence-corrected chi connectivity index (χ1v) is 9.91. The molecule has 2 aromatic carbocycles. The lowest BCUT2D eigenvalue weighted by Crippen LogP contribution is -2.68. The lowest BCUT2D eigenvalue weighted by Gasteiger charge is -2.43. The Morgan fingerprint density at radius 3 is 2.68 bits per heavy atom. The summed E-state index contributed by atoms with van der Waals surface area (Å²) in [6, 6.07) is 14.4. The van der Waals surface area contributed by atoms with Gasteiger partial charge in [0.25, 0.3) is 0 Å². The molecule has 2 heterocycles. The number of urea groups is 1. The fraction of sp³-hybridized carbons (Fsp3) is 0.217. The van der Waals surface area contributed by atoms with Gasteiger partial charge >= 0.3 is 12.0 Å². The third-order valence-corrected chi connectivity index (χ3v) is 5.62. The summed E-state index contributed by atoms with van der Waals surface area (Å²) in [6.45, 7) is 1.80. The van der Waals surface area contributed by atoms with Gasteiger partial charge in [0, 0.05) is 6.20 Å². The Labute approximate surface area is 178 Å². The Balaban J connectivity index is 1.51. The Bertz CT molecular complexity index is 1170. The van der Waals surface area contributed by atoms with Gasteiger partial charge in [-0.25, -0.2) is 19.5 Å². The van der Waals surface area contributed by atoms with Crippen LogP contribution in [0.25, 0.3) is 10.8 Å². The minimum Gasteiger partial charge on any atom is -0.480 e. The van der Waals surface area contributed by atoms with E-state index in [1.807, 2.05) is 42.5 Å². The van der Waals surface area contributed by atoms with Crippen molar-refractivity contribution in [3.63, 3.8) is 0 Å². The summed E-state index contributed by atoms with van der Waals surface area (Å²) in [5.74, 6) is -2.29. The third kappa shape index (κ3) is 3.79. The molecular formula is C23H22N4O4. The van der Waals surface area contributed by atoms with Crippen molar-refractivity contribution in [3.8, 4) is 0 Å². The monoisotopic (exact) mass is 418 g/mol. The number of fused-ring (bicyclic) bond motifs is 1. The number of nitrogens with two attached hydrogens (primary N) is 1. The van der Waals surface area contributed by atoms with Gasteiger partial charge in [-0.1, -0.05) is 42.5 Å². The molecule has 3 aromatic rings. The molecule has 2 unspecified atom stereocenters. The molecule has 1 aromatic heterocycles. The number of aliphatic carboxylic acids is 1. The number of imide groups is 1. The molecule has 0 bridgehead atoms. The second-order valence-corrected chi connectivity index (χ2v) is 7.63. The highest BCUT2D eigenvalue weighted by atomic mass is 16.4. The predicted octanol–water partition coefficient (Wildman–Crippen LogP) is 2.74. The number of rotatable bonds is 5. The Hall–Kier alpha value is -3.94. The number of hydrogen-bond acceptors (Lipinski definition) is 5. The molecule has 0 spiro atoms. The van der Waals surface area contributed by atoms with Gasteiger partial charge in [0.05, 0.1) is 12.0 Å². The summed E-state index contributed by atoms with van der Waals surface area (Å²) in [4.78, 5) is 42.0. The van der Waals surface area contributed by atoms with E-state index in [1.54, 1.807) is 19.1 Å². The molecular weight excluding hydrogens is 396 g/mol. The van der Waals surface area contributed by atoms with Crippen LogP contribution in [0.3, 0.4) is 0 Å². The topological polar surface area (TPSA) is 126 Å². The number of anilines is 1. The highest BCUT2D eigenvalue weighted by molar-refractivity contribution is 6.07. The van der Waals surface area contributed by atoms with Crippen LogP contribution >= 0.6 is 0 Å². The van der Waals surface area contributed by atoms with Crippen LogP contribution in [0.1, 0.15) is 24.1 Å². The highest BCUT2D eigenvalue weighted by Crippen LogP contribution is 2.32. The van der Waals surface area contributed by atoms with Gasteiger partial charge in [-0.3, -0.25) is 4.79 Å². The molecule has 31 heavy (non-hydrogen) atoms.